The molecule has 0 spiro atoms. The standard InChI is InChI=1S/C17H11F3O3/c1-22-13-9-5-4-8-12(13)15-14(17(18,19)20)10-6-2-3-7-11(10)16(21)23-15/h2-9H,1H3. The summed E-state index contributed by atoms with van der Waals surface area (Å²) in [4.78, 5) is 12.1. The van der Waals surface area contributed by atoms with E-state index >= 15 is 0 Å². The molecule has 3 nitrogen and oxygen atoms in total. The van der Waals surface area contributed by atoms with E-state index in [9.17, 15) is 18.0 Å². The molecular weight excluding hydrogens is 309 g/mol. The van der Waals surface area contributed by atoms with Gasteiger partial charge in [-0.2, -0.15) is 13.2 Å². The van der Waals surface area contributed by atoms with Crippen molar-refractivity contribution < 1.29 is 22.3 Å². The van der Waals surface area contributed by atoms with Crippen molar-refractivity contribution in [3.05, 3.63) is 64.5 Å². The van der Waals surface area contributed by atoms with Crippen LogP contribution in [0.25, 0.3) is 22.1 Å². The highest BCUT2D eigenvalue weighted by Crippen LogP contribution is 2.42. The molecule has 0 amide bonds. The van der Waals surface area contributed by atoms with Crippen LogP contribution in [-0.2, 0) is 6.18 Å². The van der Waals surface area contributed by atoms with Crippen LogP contribution in [0.3, 0.4) is 0 Å². The van der Waals surface area contributed by atoms with Crippen LogP contribution in [0.5, 0.6) is 5.75 Å². The summed E-state index contributed by atoms with van der Waals surface area (Å²) < 4.78 is 51.0. The lowest BCUT2D eigenvalue weighted by molar-refractivity contribution is -0.136. The molecule has 0 fully saturated rings. The average Bonchev–Trinajstić information content (AvgIpc) is 2.53. The number of rotatable bonds is 2. The number of para-hydroxylation sites is 1. The highest BCUT2D eigenvalue weighted by molar-refractivity contribution is 5.90. The summed E-state index contributed by atoms with van der Waals surface area (Å²) in [6.45, 7) is 0. The Bertz CT molecular complexity index is 926. The van der Waals surface area contributed by atoms with Gasteiger partial charge in [0.1, 0.15) is 11.3 Å². The van der Waals surface area contributed by atoms with Crippen LogP contribution < -0.4 is 10.4 Å². The number of methoxy groups -OCH3 is 1. The van der Waals surface area contributed by atoms with Gasteiger partial charge in [-0.25, -0.2) is 4.79 Å². The SMILES string of the molecule is COc1ccccc1-c1oc(=O)c2ccccc2c1C(F)(F)F. The normalized spacial score (nSPS) is 11.7. The third kappa shape index (κ3) is 2.56. The summed E-state index contributed by atoms with van der Waals surface area (Å²) in [7, 11) is 1.34. The van der Waals surface area contributed by atoms with Crippen molar-refractivity contribution in [1.29, 1.82) is 0 Å². The van der Waals surface area contributed by atoms with Gasteiger partial charge >= 0.3 is 11.8 Å². The molecule has 3 rings (SSSR count). The molecule has 0 atom stereocenters. The molecule has 23 heavy (non-hydrogen) atoms. The summed E-state index contributed by atoms with van der Waals surface area (Å²) in [5.41, 5.74) is -1.74. The van der Waals surface area contributed by atoms with Crippen LogP contribution in [0.15, 0.2) is 57.7 Å². The van der Waals surface area contributed by atoms with Crippen molar-refractivity contribution in [3.8, 4) is 17.1 Å². The van der Waals surface area contributed by atoms with Crippen LogP contribution in [0.1, 0.15) is 5.56 Å². The lowest BCUT2D eigenvalue weighted by Crippen LogP contribution is -2.13. The molecule has 1 aromatic heterocycles. The van der Waals surface area contributed by atoms with Gasteiger partial charge in [0, 0.05) is 5.39 Å². The molecule has 0 aliphatic rings. The molecule has 6 heteroatoms. The van der Waals surface area contributed by atoms with Gasteiger partial charge < -0.3 is 9.15 Å². The smallest absolute Gasteiger partial charge is 0.420 e. The summed E-state index contributed by atoms with van der Waals surface area (Å²) >= 11 is 0. The van der Waals surface area contributed by atoms with Crippen LogP contribution in [0, 0.1) is 0 Å². The maximum absolute atomic E-state index is 13.6. The van der Waals surface area contributed by atoms with Crippen LogP contribution in [0.2, 0.25) is 0 Å². The first-order valence-corrected chi connectivity index (χ1v) is 6.70. The van der Waals surface area contributed by atoms with Gasteiger partial charge in [-0.05, 0) is 18.2 Å². The molecule has 2 aromatic carbocycles. The Labute approximate surface area is 128 Å². The predicted molar refractivity (Wildman–Crippen MR) is 79.5 cm³/mol. The zero-order valence-electron chi connectivity index (χ0n) is 12.0. The maximum Gasteiger partial charge on any atom is 0.420 e. The minimum absolute atomic E-state index is 0.0742. The molecule has 0 unspecified atom stereocenters. The van der Waals surface area contributed by atoms with E-state index in [0.717, 1.165) is 0 Å². The van der Waals surface area contributed by atoms with Crippen LogP contribution in [-0.4, -0.2) is 7.11 Å². The van der Waals surface area contributed by atoms with Gasteiger partial charge in [0.15, 0.2) is 5.76 Å². The second-order valence-electron chi connectivity index (χ2n) is 4.84. The Kier molecular flexibility index (Phi) is 3.60. The van der Waals surface area contributed by atoms with Crippen LogP contribution >= 0.6 is 0 Å². The monoisotopic (exact) mass is 320 g/mol. The molecular formula is C17H11F3O3. The largest absolute Gasteiger partial charge is 0.496 e. The van der Waals surface area contributed by atoms with Crippen molar-refractivity contribution in [1.82, 2.24) is 0 Å². The summed E-state index contributed by atoms with van der Waals surface area (Å²) in [5, 5.41) is -0.310. The molecule has 1 heterocycles. The Balaban J connectivity index is 2.48. The van der Waals surface area contributed by atoms with Crippen molar-refractivity contribution in [3.63, 3.8) is 0 Å². The molecule has 0 saturated carbocycles. The molecule has 0 aliphatic carbocycles. The van der Waals surface area contributed by atoms with E-state index in [1.807, 2.05) is 0 Å². The molecule has 0 saturated heterocycles. The lowest BCUT2D eigenvalue weighted by Gasteiger charge is -2.15. The second kappa shape index (κ2) is 5.46. The van der Waals surface area contributed by atoms with E-state index in [1.165, 1.54) is 43.5 Å². The molecule has 118 valence electrons. The van der Waals surface area contributed by atoms with E-state index in [-0.39, 0.29) is 22.1 Å². The van der Waals surface area contributed by atoms with Gasteiger partial charge in [-0.1, -0.05) is 30.3 Å². The van der Waals surface area contributed by atoms with E-state index in [4.69, 9.17) is 9.15 Å². The predicted octanol–water partition coefficient (Wildman–Crippen LogP) is 4.49. The highest BCUT2D eigenvalue weighted by Gasteiger charge is 2.38. The molecule has 0 radical (unpaired) electrons. The van der Waals surface area contributed by atoms with Crippen molar-refractivity contribution in [2.75, 3.05) is 7.11 Å². The third-order valence-electron chi connectivity index (χ3n) is 3.47. The van der Waals surface area contributed by atoms with Gasteiger partial charge in [0.05, 0.1) is 18.1 Å². The number of fused-ring (bicyclic) bond motifs is 1. The number of hydrogen-bond donors (Lipinski definition) is 0. The summed E-state index contributed by atoms with van der Waals surface area (Å²) in [6, 6.07) is 11.6. The van der Waals surface area contributed by atoms with E-state index < -0.39 is 23.1 Å². The molecule has 3 aromatic rings. The zero-order chi connectivity index (χ0) is 16.6. The van der Waals surface area contributed by atoms with Gasteiger partial charge in [-0.15, -0.1) is 0 Å². The fraction of sp³-hybridized carbons (Fsp3) is 0.118. The molecule has 0 bridgehead atoms. The second-order valence-corrected chi connectivity index (χ2v) is 4.84. The quantitative estimate of drug-likeness (QED) is 0.698. The lowest BCUT2D eigenvalue weighted by atomic mass is 10.0. The van der Waals surface area contributed by atoms with E-state index in [2.05, 4.69) is 0 Å². The third-order valence-corrected chi connectivity index (χ3v) is 3.47. The number of benzene rings is 2. The number of ether oxygens (including phenoxy) is 1. The number of halogens is 3. The number of alkyl halides is 3. The number of hydrogen-bond acceptors (Lipinski definition) is 3. The first kappa shape index (κ1) is 15.1. The van der Waals surface area contributed by atoms with Crippen molar-refractivity contribution in [2.45, 2.75) is 6.18 Å². The Morgan fingerprint density at radius 1 is 0.957 bits per heavy atom. The minimum Gasteiger partial charge on any atom is -0.496 e. The Morgan fingerprint density at radius 3 is 2.22 bits per heavy atom. The fourth-order valence-corrected chi connectivity index (χ4v) is 2.50. The first-order chi connectivity index (χ1) is 10.9. The minimum atomic E-state index is -4.69. The Hall–Kier alpha value is -2.76. The van der Waals surface area contributed by atoms with Crippen LogP contribution in [0.4, 0.5) is 13.2 Å². The summed E-state index contributed by atoms with van der Waals surface area (Å²) in [6.07, 6.45) is -4.69. The van der Waals surface area contributed by atoms with E-state index in [1.54, 1.807) is 12.1 Å². The molecule has 0 aliphatic heterocycles. The molecule has 0 N–H and O–H groups in total. The topological polar surface area (TPSA) is 39.4 Å². The zero-order valence-corrected chi connectivity index (χ0v) is 12.0. The highest BCUT2D eigenvalue weighted by atomic mass is 19.4. The van der Waals surface area contributed by atoms with Gasteiger partial charge in [-0.3, -0.25) is 0 Å². The summed E-state index contributed by atoms with van der Waals surface area (Å²) in [5.74, 6) is -0.352. The Morgan fingerprint density at radius 2 is 1.57 bits per heavy atom. The maximum atomic E-state index is 13.6. The van der Waals surface area contributed by atoms with Crippen molar-refractivity contribution in [2.24, 2.45) is 0 Å². The van der Waals surface area contributed by atoms with Crippen molar-refractivity contribution >= 4 is 10.8 Å². The van der Waals surface area contributed by atoms with Gasteiger partial charge in [0.25, 0.3) is 0 Å². The fourth-order valence-electron chi connectivity index (χ4n) is 2.50. The van der Waals surface area contributed by atoms with E-state index in [0.29, 0.717) is 0 Å². The average molecular weight is 320 g/mol. The first-order valence-electron chi connectivity index (χ1n) is 6.70. The van der Waals surface area contributed by atoms with Gasteiger partial charge in [0.2, 0.25) is 0 Å².